The zero-order valence-corrected chi connectivity index (χ0v) is 33.8. The lowest BCUT2D eigenvalue weighted by Gasteiger charge is -2.39. The van der Waals surface area contributed by atoms with Gasteiger partial charge < -0.3 is 14.2 Å². The first-order chi connectivity index (χ1) is 25.9. The molecule has 3 aromatic rings. The third kappa shape index (κ3) is 13.1. The Kier molecular flexibility index (Phi) is 18.4. The molecule has 1 atom stereocenters. The summed E-state index contributed by atoms with van der Waals surface area (Å²) in [6, 6.07) is 25.4. The standard InChI is InChI=1S/C24H29NO3S.C19H25NO4S/c1-5-22(26)28-16-17-29-21-14-12-20(13-15-21)23(27)24(6-2,25(3)4)18-19-10-8-7-9-11-19;1-4-17(21)24-13-14-25-16-7-5-15(6-8-16)18(22)19(2,3)20-9-11-23-12-10-20/h5,7-15H,1,6,16-18H2,2-4H3;4-8H,1,9-14H2,2-3H3. The number of thioether (sulfide) groups is 2. The molecule has 1 unspecified atom stereocenters. The molecule has 0 saturated carbocycles. The van der Waals surface area contributed by atoms with Gasteiger partial charge in [0.25, 0.3) is 0 Å². The summed E-state index contributed by atoms with van der Waals surface area (Å²) in [4.78, 5) is 54.7. The number of hydrogen-bond donors (Lipinski definition) is 0. The molecule has 1 heterocycles. The van der Waals surface area contributed by atoms with E-state index in [1.54, 1.807) is 23.5 Å². The number of carbonyl (C=O) groups is 4. The number of rotatable bonds is 19. The van der Waals surface area contributed by atoms with E-state index in [0.717, 1.165) is 47.0 Å². The number of likely N-dealkylation sites (N-methyl/N-ethyl adjacent to an activating group) is 1. The Morgan fingerprint density at radius 3 is 1.65 bits per heavy atom. The van der Waals surface area contributed by atoms with E-state index in [1.807, 2.05) is 99.6 Å². The van der Waals surface area contributed by atoms with Gasteiger partial charge in [-0.2, -0.15) is 0 Å². The van der Waals surface area contributed by atoms with Crippen molar-refractivity contribution in [3.05, 3.63) is 121 Å². The highest BCUT2D eigenvalue weighted by Gasteiger charge is 2.39. The molecule has 1 aliphatic heterocycles. The minimum Gasteiger partial charge on any atom is -0.462 e. The van der Waals surface area contributed by atoms with E-state index in [9.17, 15) is 19.2 Å². The second kappa shape index (κ2) is 22.4. The first-order valence-electron chi connectivity index (χ1n) is 18.1. The fourth-order valence-electron chi connectivity index (χ4n) is 5.99. The van der Waals surface area contributed by atoms with E-state index < -0.39 is 23.0 Å². The number of morpholine rings is 1. The van der Waals surface area contributed by atoms with E-state index in [2.05, 4.69) is 37.1 Å². The van der Waals surface area contributed by atoms with Gasteiger partial charge in [0, 0.05) is 57.7 Å². The maximum Gasteiger partial charge on any atom is 0.330 e. The van der Waals surface area contributed by atoms with Crippen LogP contribution < -0.4 is 0 Å². The zero-order valence-electron chi connectivity index (χ0n) is 32.2. The van der Waals surface area contributed by atoms with Crippen LogP contribution in [0.1, 0.15) is 53.5 Å². The molecule has 9 nitrogen and oxygen atoms in total. The van der Waals surface area contributed by atoms with Gasteiger partial charge in [-0.25, -0.2) is 9.59 Å². The van der Waals surface area contributed by atoms with Crippen molar-refractivity contribution in [2.24, 2.45) is 0 Å². The fraction of sp³-hybridized carbons (Fsp3) is 0.395. The third-order valence-corrected chi connectivity index (χ3v) is 11.3. The van der Waals surface area contributed by atoms with Crippen molar-refractivity contribution < 1.29 is 33.4 Å². The fourth-order valence-corrected chi connectivity index (χ4v) is 7.45. The maximum absolute atomic E-state index is 13.5. The summed E-state index contributed by atoms with van der Waals surface area (Å²) >= 11 is 3.16. The van der Waals surface area contributed by atoms with Crippen LogP contribution in [0, 0.1) is 0 Å². The van der Waals surface area contributed by atoms with Gasteiger partial charge in [0.05, 0.1) is 24.3 Å². The van der Waals surface area contributed by atoms with Gasteiger partial charge in [0.15, 0.2) is 11.6 Å². The van der Waals surface area contributed by atoms with Crippen molar-refractivity contribution in [2.75, 3.05) is 65.1 Å². The molecule has 0 amide bonds. The predicted octanol–water partition coefficient (Wildman–Crippen LogP) is 7.45. The van der Waals surface area contributed by atoms with E-state index in [0.29, 0.717) is 55.5 Å². The van der Waals surface area contributed by atoms with Crippen molar-refractivity contribution in [1.82, 2.24) is 9.80 Å². The Morgan fingerprint density at radius 1 is 0.759 bits per heavy atom. The smallest absolute Gasteiger partial charge is 0.330 e. The molecule has 1 saturated heterocycles. The molecule has 0 aromatic heterocycles. The molecule has 290 valence electrons. The van der Waals surface area contributed by atoms with Gasteiger partial charge in [0.2, 0.25) is 0 Å². The van der Waals surface area contributed by atoms with Crippen molar-refractivity contribution in [1.29, 1.82) is 0 Å². The largest absolute Gasteiger partial charge is 0.462 e. The van der Waals surface area contributed by atoms with Crippen LogP contribution in [0.4, 0.5) is 0 Å². The summed E-state index contributed by atoms with van der Waals surface area (Å²) in [6.07, 6.45) is 3.70. The van der Waals surface area contributed by atoms with Crippen LogP contribution in [0.2, 0.25) is 0 Å². The number of benzene rings is 3. The molecule has 0 bridgehead atoms. The van der Waals surface area contributed by atoms with Crippen LogP contribution in [-0.4, -0.2) is 110 Å². The van der Waals surface area contributed by atoms with Crippen molar-refractivity contribution >= 4 is 47.0 Å². The molecular formula is C43H54N2O7S2. The summed E-state index contributed by atoms with van der Waals surface area (Å²) < 4.78 is 15.3. The molecule has 0 spiro atoms. The van der Waals surface area contributed by atoms with Gasteiger partial charge in [-0.1, -0.05) is 74.7 Å². The average Bonchev–Trinajstić information content (AvgIpc) is 3.20. The SMILES string of the molecule is C=CC(=O)OCCSc1ccc(C(=O)C(C)(C)N2CCOCC2)cc1.C=CC(=O)OCCSc1ccc(C(=O)C(CC)(Cc2ccccc2)N(C)C)cc1. The van der Waals surface area contributed by atoms with Gasteiger partial charge >= 0.3 is 11.9 Å². The molecular weight excluding hydrogens is 721 g/mol. The van der Waals surface area contributed by atoms with Crippen molar-refractivity contribution in [3.63, 3.8) is 0 Å². The first-order valence-corrected chi connectivity index (χ1v) is 20.0. The number of nitrogens with zero attached hydrogens (tertiary/aromatic N) is 2. The van der Waals surface area contributed by atoms with E-state index in [1.165, 1.54) is 0 Å². The van der Waals surface area contributed by atoms with Gasteiger partial charge in [-0.15, -0.1) is 23.5 Å². The number of carbonyl (C=O) groups excluding carboxylic acids is 4. The molecule has 0 aliphatic carbocycles. The number of ether oxygens (including phenoxy) is 3. The number of esters is 2. The Balaban J connectivity index is 0.000000294. The first kappa shape index (κ1) is 44.4. The quantitative estimate of drug-likeness (QED) is 0.0399. The molecule has 11 heteroatoms. The topological polar surface area (TPSA) is 102 Å². The lowest BCUT2D eigenvalue weighted by atomic mass is 9.80. The van der Waals surface area contributed by atoms with E-state index in [4.69, 9.17) is 14.2 Å². The van der Waals surface area contributed by atoms with Gasteiger partial charge in [-0.3, -0.25) is 19.4 Å². The van der Waals surface area contributed by atoms with Crippen molar-refractivity contribution in [2.45, 2.75) is 54.5 Å². The van der Waals surface area contributed by atoms with Crippen LogP contribution in [-0.2, 0) is 30.2 Å². The number of Topliss-reactive ketones (excluding diaryl/α,β-unsaturated/α-hetero) is 2. The molecule has 4 rings (SSSR count). The predicted molar refractivity (Wildman–Crippen MR) is 219 cm³/mol. The Bertz CT molecular complexity index is 1670. The lowest BCUT2D eigenvalue weighted by molar-refractivity contribution is -0.138. The monoisotopic (exact) mass is 774 g/mol. The Labute approximate surface area is 329 Å². The molecule has 0 radical (unpaired) electrons. The third-order valence-electron chi connectivity index (χ3n) is 9.32. The normalized spacial score (nSPS) is 14.2. The van der Waals surface area contributed by atoms with Crippen molar-refractivity contribution in [3.8, 4) is 0 Å². The highest BCUT2D eigenvalue weighted by molar-refractivity contribution is 7.99. The minimum atomic E-state index is -0.588. The summed E-state index contributed by atoms with van der Waals surface area (Å²) in [5, 5.41) is 0. The summed E-state index contributed by atoms with van der Waals surface area (Å²) in [5.41, 5.74) is 1.43. The summed E-state index contributed by atoms with van der Waals surface area (Å²) in [5.74, 6) is 0.733. The molecule has 54 heavy (non-hydrogen) atoms. The summed E-state index contributed by atoms with van der Waals surface area (Å²) in [6.45, 7) is 16.3. The molecule has 1 fully saturated rings. The lowest BCUT2D eigenvalue weighted by Crippen LogP contribution is -2.54. The van der Waals surface area contributed by atoms with Gasteiger partial charge in [-0.05, 0) is 70.6 Å². The van der Waals surface area contributed by atoms with Crippen LogP contribution in [0.15, 0.2) is 114 Å². The minimum absolute atomic E-state index is 0.117. The molecule has 3 aromatic carbocycles. The second-order valence-electron chi connectivity index (χ2n) is 13.2. The second-order valence-corrected chi connectivity index (χ2v) is 15.6. The van der Waals surface area contributed by atoms with Crippen LogP contribution in [0.5, 0.6) is 0 Å². The molecule has 1 aliphatic rings. The summed E-state index contributed by atoms with van der Waals surface area (Å²) in [7, 11) is 3.94. The van der Waals surface area contributed by atoms with Gasteiger partial charge in [0.1, 0.15) is 13.2 Å². The zero-order chi connectivity index (χ0) is 39.6. The van der Waals surface area contributed by atoms with E-state index >= 15 is 0 Å². The Hall–Kier alpha value is -4.00. The highest BCUT2D eigenvalue weighted by Crippen LogP contribution is 2.29. The van der Waals surface area contributed by atoms with E-state index in [-0.39, 0.29) is 11.6 Å². The highest BCUT2D eigenvalue weighted by atomic mass is 32.2. The number of hydrogen-bond acceptors (Lipinski definition) is 11. The average molecular weight is 775 g/mol. The maximum atomic E-state index is 13.5. The number of ketones is 2. The van der Waals surface area contributed by atoms with Crippen LogP contribution in [0.25, 0.3) is 0 Å². The van der Waals surface area contributed by atoms with Crippen LogP contribution >= 0.6 is 23.5 Å². The van der Waals surface area contributed by atoms with Crippen LogP contribution in [0.3, 0.4) is 0 Å². The molecule has 0 N–H and O–H groups in total. The Morgan fingerprint density at radius 2 is 1.22 bits per heavy atom.